The van der Waals surface area contributed by atoms with Gasteiger partial charge in [0.1, 0.15) is 22.5 Å². The van der Waals surface area contributed by atoms with Crippen LogP contribution in [0.15, 0.2) is 90.0 Å². The second-order valence-electron chi connectivity index (χ2n) is 8.74. The number of rotatable bonds is 9. The van der Waals surface area contributed by atoms with Gasteiger partial charge in [0.2, 0.25) is 0 Å². The van der Waals surface area contributed by atoms with Gasteiger partial charge in [0.05, 0.1) is 22.0 Å². The van der Waals surface area contributed by atoms with Crippen LogP contribution in [0.1, 0.15) is 11.1 Å². The second-order valence-corrected chi connectivity index (χ2v) is 12.0. The minimum absolute atomic E-state index is 0.0827. The summed E-state index contributed by atoms with van der Waals surface area (Å²) in [6.45, 7) is -0.162. The molecule has 0 bridgehead atoms. The molecule has 1 aliphatic rings. The summed E-state index contributed by atoms with van der Waals surface area (Å²) in [7, 11) is -4.26. The van der Waals surface area contributed by atoms with Crippen molar-refractivity contribution in [1.82, 2.24) is 14.7 Å². The van der Waals surface area contributed by atoms with Crippen molar-refractivity contribution in [3.8, 4) is 22.7 Å². The summed E-state index contributed by atoms with van der Waals surface area (Å²) in [6, 6.07) is 23.0. The summed E-state index contributed by atoms with van der Waals surface area (Å²) in [5.74, 6) is -0.849. The number of para-hydroxylation sites is 1. The van der Waals surface area contributed by atoms with Gasteiger partial charge in [-0.3, -0.25) is 14.2 Å². The average molecular weight is 596 g/mol. The van der Waals surface area contributed by atoms with Gasteiger partial charge in [-0.15, -0.1) is 0 Å². The van der Waals surface area contributed by atoms with E-state index in [9.17, 15) is 17.6 Å². The maximum Gasteiger partial charge on any atom is 0.266 e. The first-order chi connectivity index (χ1) is 19.2. The first-order valence-electron chi connectivity index (χ1n) is 12.0. The van der Waals surface area contributed by atoms with Crippen LogP contribution in [0.25, 0.3) is 23.0 Å². The van der Waals surface area contributed by atoms with Crippen molar-refractivity contribution in [3.63, 3.8) is 0 Å². The molecule has 0 atom stereocenters. The molecular weight excluding hydrogens is 574 g/mol. The molecule has 40 heavy (non-hydrogen) atoms. The number of carbonyl (C=O) groups excluding carboxylic acids is 1. The predicted molar refractivity (Wildman–Crippen MR) is 156 cm³/mol. The van der Waals surface area contributed by atoms with E-state index >= 15 is 0 Å². The van der Waals surface area contributed by atoms with Crippen LogP contribution in [0.2, 0.25) is 0 Å². The third kappa shape index (κ3) is 6.48. The number of benzene rings is 3. The molecule has 1 aliphatic heterocycles. The maximum atomic E-state index is 13.9. The SMILES string of the molecule is O=C1/C(=C\c2cn(-c3ccccc3)nc2-c2ccc(OCc3ccccc3F)cc2)SC(=S)N1CCS(=O)(=O)O. The third-order valence-corrected chi connectivity index (χ3v) is 8.05. The van der Waals surface area contributed by atoms with Gasteiger partial charge in [0, 0.05) is 29.4 Å². The monoisotopic (exact) mass is 595 g/mol. The zero-order valence-electron chi connectivity index (χ0n) is 20.8. The fourth-order valence-electron chi connectivity index (χ4n) is 3.96. The molecule has 1 fully saturated rings. The van der Waals surface area contributed by atoms with Gasteiger partial charge >= 0.3 is 0 Å². The Kier molecular flexibility index (Phi) is 8.12. The van der Waals surface area contributed by atoms with Crippen molar-refractivity contribution >= 4 is 50.4 Å². The van der Waals surface area contributed by atoms with Crippen LogP contribution in [-0.4, -0.2) is 50.2 Å². The van der Waals surface area contributed by atoms with Gasteiger partial charge < -0.3 is 4.74 Å². The van der Waals surface area contributed by atoms with Crippen molar-refractivity contribution in [1.29, 1.82) is 0 Å². The van der Waals surface area contributed by atoms with E-state index in [2.05, 4.69) is 0 Å². The highest BCUT2D eigenvalue weighted by Crippen LogP contribution is 2.35. The van der Waals surface area contributed by atoms with Gasteiger partial charge in [-0.05, 0) is 48.5 Å². The molecule has 12 heteroatoms. The molecule has 1 N–H and O–H groups in total. The minimum atomic E-state index is -4.26. The molecule has 2 heterocycles. The highest BCUT2D eigenvalue weighted by Gasteiger charge is 2.33. The summed E-state index contributed by atoms with van der Waals surface area (Å²) in [4.78, 5) is 14.5. The van der Waals surface area contributed by atoms with Crippen LogP contribution in [0.5, 0.6) is 5.75 Å². The van der Waals surface area contributed by atoms with Gasteiger partial charge in [0.15, 0.2) is 0 Å². The lowest BCUT2D eigenvalue weighted by Gasteiger charge is -2.12. The number of carbonyl (C=O) groups is 1. The fourth-order valence-corrected chi connectivity index (χ4v) is 5.67. The topological polar surface area (TPSA) is 102 Å². The van der Waals surface area contributed by atoms with Crippen molar-refractivity contribution < 1.29 is 26.9 Å². The molecular formula is C28H22FN3O5S3. The number of thioether (sulfide) groups is 1. The molecule has 1 saturated heterocycles. The van der Waals surface area contributed by atoms with Gasteiger partial charge in [-0.2, -0.15) is 13.5 Å². The number of nitrogens with zero attached hydrogens (tertiary/aromatic N) is 3. The Morgan fingerprint density at radius 3 is 2.42 bits per heavy atom. The van der Waals surface area contributed by atoms with E-state index in [1.54, 1.807) is 47.3 Å². The van der Waals surface area contributed by atoms with Crippen molar-refractivity contribution in [2.45, 2.75) is 6.61 Å². The lowest BCUT2D eigenvalue weighted by Crippen LogP contribution is -2.32. The fraction of sp³-hybridized carbons (Fsp3) is 0.107. The maximum absolute atomic E-state index is 13.9. The molecule has 204 valence electrons. The Morgan fingerprint density at radius 2 is 1.73 bits per heavy atom. The van der Waals surface area contributed by atoms with Crippen LogP contribution in [0.4, 0.5) is 4.39 Å². The smallest absolute Gasteiger partial charge is 0.266 e. The van der Waals surface area contributed by atoms with E-state index in [-0.39, 0.29) is 23.3 Å². The Labute approximate surface area is 239 Å². The predicted octanol–water partition coefficient (Wildman–Crippen LogP) is 5.35. The Balaban J connectivity index is 1.44. The molecule has 1 amide bonds. The molecule has 0 aliphatic carbocycles. The van der Waals surface area contributed by atoms with Crippen molar-refractivity contribution in [2.75, 3.05) is 12.3 Å². The number of thiocarbonyl (C=S) groups is 1. The highest BCUT2D eigenvalue weighted by molar-refractivity contribution is 8.26. The summed E-state index contributed by atoms with van der Waals surface area (Å²) >= 11 is 6.33. The number of halogens is 1. The summed E-state index contributed by atoms with van der Waals surface area (Å²) in [5, 5.41) is 4.76. The number of hydrogen-bond donors (Lipinski definition) is 1. The van der Waals surface area contributed by atoms with Crippen LogP contribution < -0.4 is 4.74 Å². The number of amides is 1. The van der Waals surface area contributed by atoms with Gasteiger partial charge in [-0.25, -0.2) is 9.07 Å². The van der Waals surface area contributed by atoms with Crippen LogP contribution >= 0.6 is 24.0 Å². The van der Waals surface area contributed by atoms with E-state index in [4.69, 9.17) is 26.6 Å². The van der Waals surface area contributed by atoms with E-state index in [1.807, 2.05) is 42.5 Å². The Morgan fingerprint density at radius 1 is 1.02 bits per heavy atom. The second kappa shape index (κ2) is 11.7. The third-order valence-electron chi connectivity index (χ3n) is 5.98. The first-order valence-corrected chi connectivity index (χ1v) is 14.8. The zero-order valence-corrected chi connectivity index (χ0v) is 23.3. The molecule has 0 radical (unpaired) electrons. The normalized spacial score (nSPS) is 14.8. The number of ether oxygens (including phenoxy) is 1. The molecule has 0 unspecified atom stereocenters. The van der Waals surface area contributed by atoms with E-state index in [1.165, 1.54) is 6.07 Å². The van der Waals surface area contributed by atoms with Crippen molar-refractivity contribution in [2.24, 2.45) is 0 Å². The quantitative estimate of drug-likeness (QED) is 0.157. The molecule has 5 rings (SSSR count). The highest BCUT2D eigenvalue weighted by atomic mass is 32.2. The lowest BCUT2D eigenvalue weighted by atomic mass is 10.1. The molecule has 4 aromatic rings. The van der Waals surface area contributed by atoms with E-state index in [0.29, 0.717) is 27.5 Å². The molecule has 0 spiro atoms. The van der Waals surface area contributed by atoms with Gasteiger partial charge in [0.25, 0.3) is 16.0 Å². The number of aromatic nitrogens is 2. The van der Waals surface area contributed by atoms with Crippen LogP contribution in [0.3, 0.4) is 0 Å². The molecule has 8 nitrogen and oxygen atoms in total. The minimum Gasteiger partial charge on any atom is -0.489 e. The zero-order chi connectivity index (χ0) is 28.3. The molecule has 3 aromatic carbocycles. The largest absolute Gasteiger partial charge is 0.489 e. The van der Waals surface area contributed by atoms with Crippen LogP contribution in [-0.2, 0) is 21.5 Å². The molecule has 0 saturated carbocycles. The van der Waals surface area contributed by atoms with E-state index < -0.39 is 21.8 Å². The summed E-state index contributed by atoms with van der Waals surface area (Å²) < 4.78 is 53.0. The summed E-state index contributed by atoms with van der Waals surface area (Å²) in [6.07, 6.45) is 3.45. The lowest BCUT2D eigenvalue weighted by molar-refractivity contribution is -0.121. The average Bonchev–Trinajstić information content (AvgIpc) is 3.47. The van der Waals surface area contributed by atoms with Gasteiger partial charge in [-0.1, -0.05) is 60.4 Å². The Hall–Kier alpha value is -3.84. The first kappa shape index (κ1) is 27.7. The Bertz CT molecular complexity index is 1700. The molecule has 1 aromatic heterocycles. The number of hydrogen-bond acceptors (Lipinski definition) is 7. The standard InChI is InChI=1S/C28H22FN3O5S3/c29-24-9-5-4-6-20(24)18-37-23-12-10-19(11-13-23)26-21(17-32(30-26)22-7-2-1-3-8-22)16-25-27(33)31(28(38)39-25)14-15-40(34,35)36/h1-13,16-17H,14-15,18H2,(H,34,35,36)/b25-16+. The van der Waals surface area contributed by atoms with Crippen LogP contribution in [0, 0.1) is 5.82 Å². The van der Waals surface area contributed by atoms with E-state index in [0.717, 1.165) is 27.9 Å². The summed E-state index contributed by atoms with van der Waals surface area (Å²) in [5.41, 5.74) is 3.24. The van der Waals surface area contributed by atoms with Crippen molar-refractivity contribution in [3.05, 3.63) is 107 Å².